The van der Waals surface area contributed by atoms with Crippen LogP contribution in [-0.4, -0.2) is 26.2 Å². The molecular weight excluding hydrogens is 199 g/mol. The van der Waals surface area contributed by atoms with E-state index in [0.29, 0.717) is 17.0 Å². The number of ether oxygens (including phenoxy) is 1. The van der Waals surface area contributed by atoms with Crippen LogP contribution >= 0.6 is 0 Å². The van der Waals surface area contributed by atoms with E-state index in [4.69, 9.17) is 10.5 Å². The van der Waals surface area contributed by atoms with E-state index in [1.54, 1.807) is 12.1 Å². The Balaban J connectivity index is 2.81. The molecule has 1 rings (SSSR count). The maximum absolute atomic E-state index is 11.8. The van der Waals surface area contributed by atoms with Gasteiger partial charge in [-0.1, -0.05) is 0 Å². The Morgan fingerprint density at radius 3 is 2.93 bits per heavy atom. The number of hydrogen-bond acceptors (Lipinski definition) is 3. The third-order valence-corrected chi connectivity index (χ3v) is 1.88. The van der Waals surface area contributed by atoms with Crippen molar-refractivity contribution in [2.24, 2.45) is 0 Å². The summed E-state index contributed by atoms with van der Waals surface area (Å²) in [6.07, 6.45) is 0. The lowest BCUT2D eigenvalue weighted by Gasteiger charge is -2.07. The molecule has 0 spiro atoms. The summed E-state index contributed by atoms with van der Waals surface area (Å²) in [5.41, 5.74) is 6.44. The summed E-state index contributed by atoms with van der Waals surface area (Å²) in [5.74, 6) is 0.0915. The molecule has 0 aromatic heterocycles. The van der Waals surface area contributed by atoms with Crippen LogP contribution in [0.1, 0.15) is 10.4 Å². The fourth-order valence-electron chi connectivity index (χ4n) is 1.12. The minimum absolute atomic E-state index is 0.00548. The van der Waals surface area contributed by atoms with Gasteiger partial charge in [0, 0.05) is 12.1 Å². The van der Waals surface area contributed by atoms with Crippen LogP contribution in [0.3, 0.4) is 0 Å². The summed E-state index contributed by atoms with van der Waals surface area (Å²) < 4.78 is 16.8. The molecular formula is C10H13FN2O2. The van der Waals surface area contributed by atoms with Gasteiger partial charge >= 0.3 is 0 Å². The molecule has 5 heteroatoms. The Hall–Kier alpha value is -1.78. The minimum Gasteiger partial charge on any atom is -0.495 e. The fourth-order valence-corrected chi connectivity index (χ4v) is 1.12. The first-order chi connectivity index (χ1) is 7.19. The Labute approximate surface area is 87.2 Å². The van der Waals surface area contributed by atoms with Gasteiger partial charge < -0.3 is 15.8 Å². The number of anilines is 1. The molecule has 0 saturated carbocycles. The number of nitrogens with one attached hydrogen (secondary N) is 1. The number of carbonyl (C=O) groups excluding carboxylic acids is 1. The van der Waals surface area contributed by atoms with E-state index in [1.807, 2.05) is 0 Å². The molecule has 0 unspecified atom stereocenters. The second-order valence-corrected chi connectivity index (χ2v) is 2.90. The van der Waals surface area contributed by atoms with Crippen LogP contribution in [0.25, 0.3) is 0 Å². The van der Waals surface area contributed by atoms with Crippen molar-refractivity contribution in [3.8, 4) is 5.75 Å². The van der Waals surface area contributed by atoms with Crippen LogP contribution in [0.5, 0.6) is 5.75 Å². The molecule has 1 aromatic rings. The van der Waals surface area contributed by atoms with E-state index in [2.05, 4.69) is 5.32 Å². The van der Waals surface area contributed by atoms with Gasteiger partial charge in [0.15, 0.2) is 0 Å². The standard InChI is InChI=1S/C10H13FN2O2/c1-15-9-6-7(2-3-8(9)12)10(14)13-5-4-11/h2-3,6H,4-5,12H2,1H3,(H,13,14). The summed E-state index contributed by atoms with van der Waals surface area (Å²) in [6.45, 7) is -0.580. The molecule has 0 fully saturated rings. The molecule has 0 aliphatic heterocycles. The number of nitrogens with two attached hydrogens (primary N) is 1. The predicted octanol–water partition coefficient (Wildman–Crippen LogP) is 0.977. The largest absolute Gasteiger partial charge is 0.495 e. The molecule has 3 N–H and O–H groups in total. The van der Waals surface area contributed by atoms with E-state index in [9.17, 15) is 9.18 Å². The highest BCUT2D eigenvalue weighted by atomic mass is 19.1. The SMILES string of the molecule is COc1cc(C(=O)NCCF)ccc1N. The zero-order valence-corrected chi connectivity index (χ0v) is 8.42. The predicted molar refractivity (Wildman–Crippen MR) is 55.7 cm³/mol. The number of hydrogen-bond donors (Lipinski definition) is 2. The van der Waals surface area contributed by atoms with Gasteiger partial charge in [-0.2, -0.15) is 0 Å². The van der Waals surface area contributed by atoms with Gasteiger partial charge in [-0.15, -0.1) is 0 Å². The van der Waals surface area contributed by atoms with Gasteiger partial charge in [-0.3, -0.25) is 4.79 Å². The lowest BCUT2D eigenvalue weighted by molar-refractivity contribution is 0.0950. The molecule has 0 saturated heterocycles. The van der Waals surface area contributed by atoms with Crippen molar-refractivity contribution in [3.63, 3.8) is 0 Å². The van der Waals surface area contributed by atoms with Crippen LogP contribution in [0, 0.1) is 0 Å². The van der Waals surface area contributed by atoms with Crippen molar-refractivity contribution >= 4 is 11.6 Å². The first kappa shape index (κ1) is 11.3. The number of carbonyl (C=O) groups is 1. The van der Waals surface area contributed by atoms with Crippen molar-refractivity contribution in [3.05, 3.63) is 23.8 Å². The Morgan fingerprint density at radius 1 is 1.60 bits per heavy atom. The van der Waals surface area contributed by atoms with Crippen LogP contribution in [0.4, 0.5) is 10.1 Å². The number of benzene rings is 1. The minimum atomic E-state index is -0.585. The van der Waals surface area contributed by atoms with Crippen LogP contribution in [0.2, 0.25) is 0 Å². The fraction of sp³-hybridized carbons (Fsp3) is 0.300. The average molecular weight is 212 g/mol. The number of halogens is 1. The van der Waals surface area contributed by atoms with Gasteiger partial charge in [-0.05, 0) is 18.2 Å². The molecule has 0 aliphatic carbocycles. The maximum atomic E-state index is 11.8. The molecule has 82 valence electrons. The molecule has 1 aromatic carbocycles. The normalized spacial score (nSPS) is 9.73. The quantitative estimate of drug-likeness (QED) is 0.731. The van der Waals surface area contributed by atoms with Crippen LogP contribution in [-0.2, 0) is 0 Å². The number of alkyl halides is 1. The lowest BCUT2D eigenvalue weighted by atomic mass is 10.2. The number of methoxy groups -OCH3 is 1. The average Bonchev–Trinajstić information content (AvgIpc) is 2.26. The Kier molecular flexibility index (Phi) is 3.91. The summed E-state index contributed by atoms with van der Waals surface area (Å²) >= 11 is 0. The topological polar surface area (TPSA) is 64.3 Å². The molecule has 0 heterocycles. The van der Waals surface area contributed by atoms with E-state index in [1.165, 1.54) is 13.2 Å². The van der Waals surface area contributed by atoms with Crippen LogP contribution < -0.4 is 15.8 Å². The molecule has 0 aliphatic rings. The maximum Gasteiger partial charge on any atom is 0.251 e. The van der Waals surface area contributed by atoms with Gasteiger partial charge in [0.05, 0.1) is 12.8 Å². The molecule has 4 nitrogen and oxygen atoms in total. The highest BCUT2D eigenvalue weighted by molar-refractivity contribution is 5.95. The third kappa shape index (κ3) is 2.83. The third-order valence-electron chi connectivity index (χ3n) is 1.88. The molecule has 0 atom stereocenters. The van der Waals surface area contributed by atoms with Crippen molar-refractivity contribution in [1.29, 1.82) is 0 Å². The smallest absolute Gasteiger partial charge is 0.251 e. The van der Waals surface area contributed by atoms with Crippen molar-refractivity contribution in [1.82, 2.24) is 5.32 Å². The summed E-state index contributed by atoms with van der Waals surface area (Å²) in [5, 5.41) is 2.41. The first-order valence-electron chi connectivity index (χ1n) is 4.46. The van der Waals surface area contributed by atoms with Crippen molar-refractivity contribution in [2.75, 3.05) is 26.1 Å². The first-order valence-corrected chi connectivity index (χ1v) is 4.46. The van der Waals surface area contributed by atoms with E-state index >= 15 is 0 Å². The van der Waals surface area contributed by atoms with E-state index < -0.39 is 6.67 Å². The van der Waals surface area contributed by atoms with Crippen molar-refractivity contribution in [2.45, 2.75) is 0 Å². The van der Waals surface area contributed by atoms with E-state index in [-0.39, 0.29) is 12.5 Å². The molecule has 0 radical (unpaired) electrons. The zero-order valence-electron chi connectivity index (χ0n) is 8.42. The lowest BCUT2D eigenvalue weighted by Crippen LogP contribution is -2.25. The van der Waals surface area contributed by atoms with Crippen molar-refractivity contribution < 1.29 is 13.9 Å². The molecule has 0 bridgehead atoms. The second kappa shape index (κ2) is 5.19. The Bertz CT molecular complexity index is 355. The molecule has 15 heavy (non-hydrogen) atoms. The van der Waals surface area contributed by atoms with Crippen LogP contribution in [0.15, 0.2) is 18.2 Å². The Morgan fingerprint density at radius 2 is 2.33 bits per heavy atom. The number of nitrogen functional groups attached to an aromatic ring is 1. The summed E-state index contributed by atoms with van der Waals surface area (Å²) in [4.78, 5) is 11.4. The summed E-state index contributed by atoms with van der Waals surface area (Å²) in [7, 11) is 1.47. The van der Waals surface area contributed by atoms with Gasteiger partial charge in [0.25, 0.3) is 5.91 Å². The van der Waals surface area contributed by atoms with Gasteiger partial charge in [0.1, 0.15) is 12.4 Å². The van der Waals surface area contributed by atoms with Gasteiger partial charge in [-0.25, -0.2) is 4.39 Å². The second-order valence-electron chi connectivity index (χ2n) is 2.90. The number of amides is 1. The highest BCUT2D eigenvalue weighted by Crippen LogP contribution is 2.21. The molecule has 1 amide bonds. The highest BCUT2D eigenvalue weighted by Gasteiger charge is 2.07. The van der Waals surface area contributed by atoms with E-state index in [0.717, 1.165) is 0 Å². The zero-order chi connectivity index (χ0) is 11.3. The van der Waals surface area contributed by atoms with Gasteiger partial charge in [0.2, 0.25) is 0 Å². The number of rotatable bonds is 4. The summed E-state index contributed by atoms with van der Waals surface area (Å²) in [6, 6.07) is 4.65. The monoisotopic (exact) mass is 212 g/mol.